The highest BCUT2D eigenvalue weighted by atomic mass is 16.3. The van der Waals surface area contributed by atoms with Crippen LogP contribution >= 0.6 is 0 Å². The zero-order chi connectivity index (χ0) is 7.40. The minimum atomic E-state index is -0.150. The third-order valence-electron chi connectivity index (χ3n) is 1.85. The summed E-state index contributed by atoms with van der Waals surface area (Å²) in [4.78, 5) is 11.9. The topological polar surface area (TPSA) is 40.5 Å². The molecule has 3 heteroatoms. The predicted octanol–water partition coefficient (Wildman–Crippen LogP) is -0.447. The van der Waals surface area contributed by atoms with E-state index in [0.29, 0.717) is 6.54 Å². The van der Waals surface area contributed by atoms with E-state index < -0.39 is 0 Å². The normalized spacial score (nSPS) is 22.9. The number of aliphatic hydroxyl groups excluding tert-OH is 1. The van der Waals surface area contributed by atoms with Crippen molar-refractivity contribution in [2.24, 2.45) is 0 Å². The Morgan fingerprint density at radius 2 is 2.10 bits per heavy atom. The molecule has 0 bridgehead atoms. The molecule has 0 amide bonds. The molecule has 0 saturated carbocycles. The van der Waals surface area contributed by atoms with Crippen molar-refractivity contribution in [1.82, 2.24) is 4.90 Å². The Labute approximate surface area is 60.6 Å². The van der Waals surface area contributed by atoms with Crippen LogP contribution in [-0.2, 0) is 4.79 Å². The number of carbonyl (C=O) groups excluding carboxylic acids is 1. The number of rotatable bonds is 2. The molecule has 0 aromatic heterocycles. The molecule has 0 spiro atoms. The molecule has 0 atom stereocenters. The number of likely N-dealkylation sites (tertiary alicyclic amines) is 1. The largest absolute Gasteiger partial charge is 0.393 e. The highest BCUT2D eigenvalue weighted by Crippen LogP contribution is 2.07. The van der Waals surface area contributed by atoms with Crippen LogP contribution in [0.1, 0.15) is 12.8 Å². The lowest BCUT2D eigenvalue weighted by Gasteiger charge is -2.27. The summed E-state index contributed by atoms with van der Waals surface area (Å²) in [6.07, 6.45) is 3.28. The van der Waals surface area contributed by atoms with E-state index in [-0.39, 0.29) is 6.10 Å². The minimum Gasteiger partial charge on any atom is -0.393 e. The number of piperidine rings is 1. The van der Waals surface area contributed by atoms with Crippen molar-refractivity contribution in [2.75, 3.05) is 19.6 Å². The van der Waals surface area contributed by atoms with Gasteiger partial charge in [0.2, 0.25) is 6.29 Å². The number of hydrogen-bond donors (Lipinski definition) is 1. The number of hydrogen-bond acceptors (Lipinski definition) is 3. The summed E-state index contributed by atoms with van der Waals surface area (Å²) in [5, 5.41) is 9.07. The molecule has 1 heterocycles. The van der Waals surface area contributed by atoms with E-state index in [1.807, 2.05) is 11.2 Å². The summed E-state index contributed by atoms with van der Waals surface area (Å²) in [6.45, 7) is 2.06. The Morgan fingerprint density at radius 1 is 1.50 bits per heavy atom. The quantitative estimate of drug-likeness (QED) is 0.568. The lowest BCUT2D eigenvalue weighted by molar-refractivity contribution is 0.0894. The first kappa shape index (κ1) is 7.69. The first-order valence-corrected chi connectivity index (χ1v) is 3.58. The van der Waals surface area contributed by atoms with Crippen LogP contribution in [0.25, 0.3) is 0 Å². The predicted molar refractivity (Wildman–Crippen MR) is 37.4 cm³/mol. The van der Waals surface area contributed by atoms with Gasteiger partial charge in [-0.05, 0) is 12.8 Å². The van der Waals surface area contributed by atoms with E-state index >= 15 is 0 Å². The smallest absolute Gasteiger partial charge is 0.213 e. The molecule has 0 aromatic rings. The Balaban J connectivity index is 2.19. The van der Waals surface area contributed by atoms with Gasteiger partial charge in [-0.1, -0.05) is 0 Å². The van der Waals surface area contributed by atoms with Gasteiger partial charge in [-0.15, -0.1) is 0 Å². The van der Waals surface area contributed by atoms with Gasteiger partial charge in [0.05, 0.1) is 12.6 Å². The minimum absolute atomic E-state index is 0.150. The second-order valence-corrected chi connectivity index (χ2v) is 2.65. The maximum atomic E-state index is 9.93. The van der Waals surface area contributed by atoms with E-state index in [9.17, 15) is 4.79 Å². The Morgan fingerprint density at radius 3 is 2.60 bits per heavy atom. The zero-order valence-electron chi connectivity index (χ0n) is 5.92. The van der Waals surface area contributed by atoms with E-state index in [0.717, 1.165) is 25.9 Å². The lowest BCUT2D eigenvalue weighted by atomic mass is 10.1. The van der Waals surface area contributed by atoms with Crippen molar-refractivity contribution in [1.29, 1.82) is 0 Å². The van der Waals surface area contributed by atoms with Gasteiger partial charge in [-0.2, -0.15) is 0 Å². The summed E-state index contributed by atoms with van der Waals surface area (Å²) in [7, 11) is 0. The van der Waals surface area contributed by atoms with Crippen molar-refractivity contribution in [3.63, 3.8) is 0 Å². The third-order valence-corrected chi connectivity index (χ3v) is 1.85. The molecule has 1 fully saturated rings. The molecule has 1 radical (unpaired) electrons. The van der Waals surface area contributed by atoms with Crippen LogP contribution in [0.4, 0.5) is 0 Å². The van der Waals surface area contributed by atoms with Gasteiger partial charge < -0.3 is 5.11 Å². The maximum absolute atomic E-state index is 9.93. The average molecular weight is 142 g/mol. The molecular formula is C7H12NO2. The second-order valence-electron chi connectivity index (χ2n) is 2.65. The van der Waals surface area contributed by atoms with Gasteiger partial charge in [-0.3, -0.25) is 9.69 Å². The molecule has 10 heavy (non-hydrogen) atoms. The summed E-state index contributed by atoms with van der Waals surface area (Å²) in [5.74, 6) is 0. The van der Waals surface area contributed by atoms with Crippen LogP contribution in [0.15, 0.2) is 0 Å². The van der Waals surface area contributed by atoms with E-state index in [4.69, 9.17) is 5.11 Å². The molecule has 1 N–H and O–H groups in total. The summed E-state index contributed by atoms with van der Waals surface area (Å²) in [5.41, 5.74) is 0. The molecular weight excluding hydrogens is 130 g/mol. The van der Waals surface area contributed by atoms with Gasteiger partial charge in [-0.25, -0.2) is 0 Å². The Kier molecular flexibility index (Phi) is 2.83. The highest BCUT2D eigenvalue weighted by Gasteiger charge is 2.15. The van der Waals surface area contributed by atoms with Crippen molar-refractivity contribution in [3.05, 3.63) is 0 Å². The number of nitrogens with zero attached hydrogens (tertiary/aromatic N) is 1. The van der Waals surface area contributed by atoms with Gasteiger partial charge >= 0.3 is 0 Å². The Bertz CT molecular complexity index is 108. The molecule has 57 valence electrons. The maximum Gasteiger partial charge on any atom is 0.213 e. The first-order valence-electron chi connectivity index (χ1n) is 3.58. The molecule has 0 aliphatic carbocycles. The molecule has 1 aliphatic rings. The van der Waals surface area contributed by atoms with Crippen molar-refractivity contribution < 1.29 is 9.90 Å². The molecule has 1 aliphatic heterocycles. The van der Waals surface area contributed by atoms with E-state index in [2.05, 4.69) is 0 Å². The molecule has 0 unspecified atom stereocenters. The van der Waals surface area contributed by atoms with Gasteiger partial charge in [0.1, 0.15) is 0 Å². The third kappa shape index (κ3) is 2.08. The van der Waals surface area contributed by atoms with Crippen molar-refractivity contribution >= 4 is 6.29 Å². The van der Waals surface area contributed by atoms with E-state index in [1.165, 1.54) is 0 Å². The standard InChI is InChI=1S/C7H12NO2/c9-6-5-8-3-1-7(10)2-4-8/h7,10H,1-5H2. The van der Waals surface area contributed by atoms with Crippen LogP contribution in [0.5, 0.6) is 0 Å². The second kappa shape index (κ2) is 3.68. The van der Waals surface area contributed by atoms with Crippen LogP contribution in [-0.4, -0.2) is 42.0 Å². The van der Waals surface area contributed by atoms with E-state index in [1.54, 1.807) is 0 Å². The fourth-order valence-electron chi connectivity index (χ4n) is 1.17. The molecule has 1 saturated heterocycles. The van der Waals surface area contributed by atoms with Crippen LogP contribution < -0.4 is 0 Å². The average Bonchev–Trinajstić information content (AvgIpc) is 1.95. The fraction of sp³-hybridized carbons (Fsp3) is 0.857. The van der Waals surface area contributed by atoms with Gasteiger partial charge in [0.15, 0.2) is 0 Å². The van der Waals surface area contributed by atoms with Crippen LogP contribution in [0.2, 0.25) is 0 Å². The van der Waals surface area contributed by atoms with Crippen molar-refractivity contribution in [3.8, 4) is 0 Å². The van der Waals surface area contributed by atoms with Gasteiger partial charge in [0, 0.05) is 13.1 Å². The first-order chi connectivity index (χ1) is 4.83. The van der Waals surface area contributed by atoms with Crippen LogP contribution in [0.3, 0.4) is 0 Å². The summed E-state index contributed by atoms with van der Waals surface area (Å²) >= 11 is 0. The highest BCUT2D eigenvalue weighted by molar-refractivity contribution is 5.53. The zero-order valence-corrected chi connectivity index (χ0v) is 5.92. The summed E-state index contributed by atoms with van der Waals surface area (Å²) < 4.78 is 0. The van der Waals surface area contributed by atoms with Crippen molar-refractivity contribution in [2.45, 2.75) is 18.9 Å². The lowest BCUT2D eigenvalue weighted by Crippen LogP contribution is -2.36. The monoisotopic (exact) mass is 142 g/mol. The molecule has 3 nitrogen and oxygen atoms in total. The van der Waals surface area contributed by atoms with Gasteiger partial charge in [0.25, 0.3) is 0 Å². The summed E-state index contributed by atoms with van der Waals surface area (Å²) in [6, 6.07) is 0. The molecule has 0 aromatic carbocycles. The SMILES string of the molecule is O=[C]CN1CCC(O)CC1. The number of aliphatic hydroxyl groups is 1. The Hall–Kier alpha value is -0.410. The fourth-order valence-corrected chi connectivity index (χ4v) is 1.17. The molecule has 1 rings (SSSR count). The van der Waals surface area contributed by atoms with Crippen LogP contribution in [0, 0.1) is 0 Å².